The highest BCUT2D eigenvalue weighted by Gasteiger charge is 2.49. The summed E-state index contributed by atoms with van der Waals surface area (Å²) in [5.74, 6) is 8.48. The molecule has 4 atom stereocenters. The van der Waals surface area contributed by atoms with Crippen LogP contribution in [0.1, 0.15) is 41.0 Å². The third-order valence-electron chi connectivity index (χ3n) is 4.50. The number of carbonyl (C=O) groups is 2. The zero-order chi connectivity index (χ0) is 20.9. The molecular formula is C22H30N2O4. The summed E-state index contributed by atoms with van der Waals surface area (Å²) in [7, 11) is 0. The van der Waals surface area contributed by atoms with Crippen molar-refractivity contribution in [1.82, 2.24) is 10.2 Å². The first-order chi connectivity index (χ1) is 13.1. The van der Waals surface area contributed by atoms with E-state index in [1.807, 2.05) is 39.8 Å². The third-order valence-corrected chi connectivity index (χ3v) is 4.50. The first kappa shape index (κ1) is 22.0. The molecule has 0 saturated carbocycles. The highest BCUT2D eigenvalue weighted by molar-refractivity contribution is 5.83. The summed E-state index contributed by atoms with van der Waals surface area (Å²) in [5.41, 5.74) is -1.27. The smallest absolute Gasteiger partial charge is 0.410 e. The van der Waals surface area contributed by atoms with E-state index in [1.54, 1.807) is 4.90 Å². The number of rotatable bonds is 7. The zero-order valence-electron chi connectivity index (χ0n) is 17.4. The molecule has 0 radical (unpaired) electrons. The van der Waals surface area contributed by atoms with Crippen molar-refractivity contribution in [3.8, 4) is 24.2 Å². The van der Waals surface area contributed by atoms with Crippen LogP contribution in [0.15, 0.2) is 12.2 Å². The summed E-state index contributed by atoms with van der Waals surface area (Å²) in [6.45, 7) is 10.2. The summed E-state index contributed by atoms with van der Waals surface area (Å²) in [4.78, 5) is 25.8. The number of allylic oxidation sites excluding steroid dienone is 1. The van der Waals surface area contributed by atoms with Crippen molar-refractivity contribution in [1.29, 1.82) is 0 Å². The number of carbonyl (C=O) groups excluding carboxylic acids is 2. The maximum Gasteiger partial charge on any atom is 0.410 e. The van der Waals surface area contributed by atoms with Crippen molar-refractivity contribution >= 4 is 11.9 Å². The monoisotopic (exact) mass is 386 g/mol. The van der Waals surface area contributed by atoms with E-state index in [2.05, 4.69) is 23.1 Å². The fourth-order valence-electron chi connectivity index (χ4n) is 2.82. The second-order valence-corrected chi connectivity index (χ2v) is 8.38. The highest BCUT2D eigenvalue weighted by atomic mass is 16.6. The van der Waals surface area contributed by atoms with Gasteiger partial charge in [-0.25, -0.2) is 4.79 Å². The molecule has 2 aliphatic rings. The maximum absolute atomic E-state index is 12.6. The molecule has 6 nitrogen and oxygen atoms in total. The standard InChI is InChI=1S/C22H30N2O4/c1-7-8-13-24(20(26)28-21(4,5)6)14-22(15-27-22)23-19-12-11-18(17(3)25)10-9-16(19)2/h1,9-10,16,18-19,23H,8,13-15H2,2-6H3. The molecule has 1 amide bonds. The zero-order valence-corrected chi connectivity index (χ0v) is 17.4. The number of amides is 1. The van der Waals surface area contributed by atoms with Gasteiger partial charge >= 0.3 is 6.09 Å². The first-order valence-corrected chi connectivity index (χ1v) is 9.58. The van der Waals surface area contributed by atoms with Gasteiger partial charge in [0.25, 0.3) is 0 Å². The van der Waals surface area contributed by atoms with Gasteiger partial charge in [0.2, 0.25) is 0 Å². The van der Waals surface area contributed by atoms with Crippen LogP contribution in [0, 0.1) is 36.0 Å². The van der Waals surface area contributed by atoms with Gasteiger partial charge < -0.3 is 14.4 Å². The number of ether oxygens (including phenoxy) is 2. The number of terminal acetylenes is 1. The Morgan fingerprint density at radius 2 is 2.07 bits per heavy atom. The molecule has 4 unspecified atom stereocenters. The Hall–Kier alpha value is -2.28. The number of hydrogen-bond acceptors (Lipinski definition) is 5. The SMILES string of the molecule is C#CCCN(CC1(NC2C#CC(C(C)=O)C=CC2C)CO1)C(=O)OC(C)(C)C. The lowest BCUT2D eigenvalue weighted by Gasteiger charge is -2.30. The summed E-state index contributed by atoms with van der Waals surface area (Å²) in [6, 6.07) is -0.184. The summed E-state index contributed by atoms with van der Waals surface area (Å²) >= 11 is 0. The Labute approximate surface area is 168 Å². The van der Waals surface area contributed by atoms with E-state index >= 15 is 0 Å². The Kier molecular flexibility index (Phi) is 6.93. The van der Waals surface area contributed by atoms with Crippen LogP contribution in [-0.2, 0) is 14.3 Å². The van der Waals surface area contributed by atoms with Crippen LogP contribution in [0.4, 0.5) is 4.79 Å². The van der Waals surface area contributed by atoms with Crippen molar-refractivity contribution in [2.75, 3.05) is 19.7 Å². The molecule has 0 aromatic carbocycles. The van der Waals surface area contributed by atoms with E-state index < -0.39 is 17.4 Å². The van der Waals surface area contributed by atoms with Gasteiger partial charge in [0.15, 0.2) is 5.72 Å². The molecule has 1 aliphatic carbocycles. The lowest BCUT2D eigenvalue weighted by atomic mass is 10.0. The molecule has 28 heavy (non-hydrogen) atoms. The van der Waals surface area contributed by atoms with Crippen molar-refractivity contribution in [3.63, 3.8) is 0 Å². The Morgan fingerprint density at radius 1 is 1.39 bits per heavy atom. The second kappa shape index (κ2) is 8.82. The van der Waals surface area contributed by atoms with E-state index in [-0.39, 0.29) is 23.7 Å². The maximum atomic E-state index is 12.6. The van der Waals surface area contributed by atoms with Crippen LogP contribution < -0.4 is 5.32 Å². The second-order valence-electron chi connectivity index (χ2n) is 8.38. The minimum Gasteiger partial charge on any atom is -0.444 e. The van der Waals surface area contributed by atoms with E-state index in [4.69, 9.17) is 15.9 Å². The van der Waals surface area contributed by atoms with Gasteiger partial charge in [-0.1, -0.05) is 30.9 Å². The average Bonchev–Trinajstić information content (AvgIpc) is 3.36. The van der Waals surface area contributed by atoms with Gasteiger partial charge in [-0.05, 0) is 27.7 Å². The van der Waals surface area contributed by atoms with Crippen LogP contribution >= 0.6 is 0 Å². The van der Waals surface area contributed by atoms with E-state index in [0.717, 1.165) is 0 Å². The van der Waals surface area contributed by atoms with Crippen LogP contribution in [-0.4, -0.2) is 53.8 Å². The van der Waals surface area contributed by atoms with Gasteiger partial charge in [0.1, 0.15) is 11.4 Å². The Bertz CT molecular complexity index is 728. The number of Topliss-reactive ketones (excluding diaryl/α,β-unsaturated/α-hetero) is 1. The molecule has 0 aromatic heterocycles. The highest BCUT2D eigenvalue weighted by Crippen LogP contribution is 2.28. The van der Waals surface area contributed by atoms with E-state index in [0.29, 0.717) is 26.1 Å². The normalized spacial score (nSPS) is 28.4. The molecule has 1 fully saturated rings. The predicted molar refractivity (Wildman–Crippen MR) is 107 cm³/mol. The van der Waals surface area contributed by atoms with Crippen molar-refractivity contribution < 1.29 is 19.1 Å². The molecule has 0 spiro atoms. The van der Waals surface area contributed by atoms with Crippen LogP contribution in [0.25, 0.3) is 0 Å². The van der Waals surface area contributed by atoms with Crippen molar-refractivity contribution in [2.45, 2.75) is 58.4 Å². The number of nitrogens with zero attached hydrogens (tertiary/aromatic N) is 1. The van der Waals surface area contributed by atoms with Gasteiger partial charge in [-0.15, -0.1) is 12.3 Å². The quantitative estimate of drug-likeness (QED) is 0.413. The molecule has 1 heterocycles. The van der Waals surface area contributed by atoms with Crippen molar-refractivity contribution in [3.05, 3.63) is 12.2 Å². The molecule has 6 heteroatoms. The molecule has 152 valence electrons. The summed E-state index contributed by atoms with van der Waals surface area (Å²) in [6.07, 6.45) is 9.22. The van der Waals surface area contributed by atoms with E-state index in [9.17, 15) is 9.59 Å². The summed E-state index contributed by atoms with van der Waals surface area (Å²) in [5, 5.41) is 3.42. The molecular weight excluding hydrogens is 356 g/mol. The summed E-state index contributed by atoms with van der Waals surface area (Å²) < 4.78 is 11.2. The Morgan fingerprint density at radius 3 is 2.61 bits per heavy atom. The fraction of sp³-hybridized carbons (Fsp3) is 0.636. The molecule has 1 N–H and O–H groups in total. The largest absolute Gasteiger partial charge is 0.444 e. The Balaban J connectivity index is 2.09. The fourth-order valence-corrected chi connectivity index (χ4v) is 2.82. The van der Waals surface area contributed by atoms with Crippen LogP contribution in [0.2, 0.25) is 0 Å². The van der Waals surface area contributed by atoms with E-state index in [1.165, 1.54) is 6.92 Å². The lowest BCUT2D eigenvalue weighted by molar-refractivity contribution is -0.118. The first-order valence-electron chi connectivity index (χ1n) is 9.58. The number of hydrogen-bond donors (Lipinski definition) is 1. The van der Waals surface area contributed by atoms with Gasteiger partial charge in [0.05, 0.1) is 25.1 Å². The lowest BCUT2D eigenvalue weighted by Crippen LogP contribution is -2.52. The van der Waals surface area contributed by atoms with Gasteiger partial charge in [0, 0.05) is 18.9 Å². The predicted octanol–water partition coefficient (Wildman–Crippen LogP) is 2.35. The molecule has 0 bridgehead atoms. The molecule has 0 aromatic rings. The topological polar surface area (TPSA) is 71.2 Å². The number of nitrogens with one attached hydrogen (secondary N) is 1. The molecule has 1 aliphatic heterocycles. The minimum absolute atomic E-state index is 0.0272. The molecule has 1 saturated heterocycles. The van der Waals surface area contributed by atoms with Gasteiger partial charge in [-0.3, -0.25) is 10.1 Å². The third kappa shape index (κ3) is 6.41. The van der Waals surface area contributed by atoms with Crippen LogP contribution in [0.3, 0.4) is 0 Å². The van der Waals surface area contributed by atoms with Crippen LogP contribution in [0.5, 0.6) is 0 Å². The van der Waals surface area contributed by atoms with Gasteiger partial charge in [-0.2, -0.15) is 0 Å². The minimum atomic E-state index is -0.678. The number of ketones is 1. The van der Waals surface area contributed by atoms with Crippen molar-refractivity contribution in [2.24, 2.45) is 11.8 Å². The molecule has 2 rings (SSSR count). The number of epoxide rings is 1. The average molecular weight is 386 g/mol.